The van der Waals surface area contributed by atoms with Crippen LogP contribution in [0.25, 0.3) is 0 Å². The minimum atomic E-state index is -0.145. The highest BCUT2D eigenvalue weighted by molar-refractivity contribution is 5.80. The molecule has 2 saturated carbocycles. The first kappa shape index (κ1) is 15.3. The molecule has 3 rings (SSSR count). The molecule has 1 aromatic carbocycles. The van der Waals surface area contributed by atoms with E-state index < -0.39 is 0 Å². The van der Waals surface area contributed by atoms with Crippen molar-refractivity contribution in [3.63, 3.8) is 0 Å². The molecule has 0 amide bonds. The minimum Gasteiger partial charge on any atom is -0.356 e. The van der Waals surface area contributed by atoms with E-state index in [0.717, 1.165) is 30.9 Å². The summed E-state index contributed by atoms with van der Waals surface area (Å²) in [5.41, 5.74) is 1.19. The summed E-state index contributed by atoms with van der Waals surface area (Å²) >= 11 is 0. The highest BCUT2D eigenvalue weighted by Gasteiger charge is 2.44. The Bertz CT molecular complexity index is 531. The van der Waals surface area contributed by atoms with Crippen LogP contribution in [0, 0.1) is 5.82 Å². The van der Waals surface area contributed by atoms with Crippen LogP contribution in [0.4, 0.5) is 4.39 Å². The SMILES string of the molecule is CN=C(NCC1(c2cccc(F)c2)CC1)NC1CCCCC1. The van der Waals surface area contributed by atoms with Crippen molar-refractivity contribution in [2.24, 2.45) is 4.99 Å². The van der Waals surface area contributed by atoms with Gasteiger partial charge < -0.3 is 10.6 Å². The highest BCUT2D eigenvalue weighted by Crippen LogP contribution is 2.47. The molecule has 0 saturated heterocycles. The molecule has 120 valence electrons. The standard InChI is InChI=1S/C18H26FN3/c1-20-17(22-16-8-3-2-4-9-16)21-13-18(10-11-18)14-6-5-7-15(19)12-14/h5-7,12,16H,2-4,8-11,13H2,1H3,(H2,20,21,22). The zero-order valence-electron chi connectivity index (χ0n) is 13.4. The molecule has 0 aromatic heterocycles. The second-order valence-electron chi connectivity index (χ2n) is 6.70. The van der Waals surface area contributed by atoms with Crippen molar-refractivity contribution >= 4 is 5.96 Å². The van der Waals surface area contributed by atoms with Crippen LogP contribution < -0.4 is 10.6 Å². The van der Waals surface area contributed by atoms with Gasteiger partial charge in [0.05, 0.1) is 0 Å². The predicted octanol–water partition coefficient (Wildman–Crippen LogP) is 3.36. The lowest BCUT2D eigenvalue weighted by Gasteiger charge is -2.26. The van der Waals surface area contributed by atoms with Crippen molar-refractivity contribution in [2.45, 2.75) is 56.4 Å². The van der Waals surface area contributed by atoms with E-state index in [0.29, 0.717) is 6.04 Å². The van der Waals surface area contributed by atoms with Crippen molar-refractivity contribution in [2.75, 3.05) is 13.6 Å². The Labute approximate surface area is 132 Å². The largest absolute Gasteiger partial charge is 0.356 e. The summed E-state index contributed by atoms with van der Waals surface area (Å²) in [6.45, 7) is 0.822. The third-order valence-corrected chi connectivity index (χ3v) is 5.05. The maximum atomic E-state index is 13.4. The molecular weight excluding hydrogens is 277 g/mol. The summed E-state index contributed by atoms with van der Waals surface area (Å²) in [5, 5.41) is 6.99. The number of hydrogen-bond donors (Lipinski definition) is 2. The van der Waals surface area contributed by atoms with E-state index in [1.807, 2.05) is 13.1 Å². The Morgan fingerprint density at radius 3 is 2.68 bits per heavy atom. The van der Waals surface area contributed by atoms with Gasteiger partial charge in [-0.05, 0) is 43.4 Å². The second kappa shape index (κ2) is 6.67. The molecule has 4 heteroatoms. The first-order chi connectivity index (χ1) is 10.7. The number of aliphatic imine (C=N–C) groups is 1. The molecule has 0 atom stereocenters. The predicted molar refractivity (Wildman–Crippen MR) is 88.7 cm³/mol. The number of benzene rings is 1. The normalized spacial score (nSPS) is 21.5. The van der Waals surface area contributed by atoms with E-state index in [2.05, 4.69) is 15.6 Å². The van der Waals surface area contributed by atoms with Gasteiger partial charge in [-0.1, -0.05) is 31.4 Å². The molecule has 0 bridgehead atoms. The molecule has 0 unspecified atom stereocenters. The lowest BCUT2D eigenvalue weighted by Crippen LogP contribution is -2.46. The highest BCUT2D eigenvalue weighted by atomic mass is 19.1. The first-order valence-corrected chi connectivity index (χ1v) is 8.45. The van der Waals surface area contributed by atoms with Crippen LogP contribution in [0.1, 0.15) is 50.5 Å². The zero-order valence-corrected chi connectivity index (χ0v) is 13.4. The Morgan fingerprint density at radius 2 is 2.05 bits per heavy atom. The Morgan fingerprint density at radius 1 is 1.27 bits per heavy atom. The first-order valence-electron chi connectivity index (χ1n) is 8.45. The van der Waals surface area contributed by atoms with E-state index in [1.54, 1.807) is 12.1 Å². The van der Waals surface area contributed by atoms with Crippen LogP contribution in [0.15, 0.2) is 29.3 Å². The van der Waals surface area contributed by atoms with Gasteiger partial charge >= 0.3 is 0 Å². The fourth-order valence-corrected chi connectivity index (χ4v) is 3.42. The molecule has 2 aliphatic carbocycles. The van der Waals surface area contributed by atoms with Gasteiger partial charge in [-0.2, -0.15) is 0 Å². The fourth-order valence-electron chi connectivity index (χ4n) is 3.42. The van der Waals surface area contributed by atoms with Gasteiger partial charge in [0.1, 0.15) is 5.82 Å². The van der Waals surface area contributed by atoms with E-state index in [-0.39, 0.29) is 11.2 Å². The molecule has 2 aliphatic rings. The average Bonchev–Trinajstić information content (AvgIpc) is 3.34. The quantitative estimate of drug-likeness (QED) is 0.661. The lowest BCUT2D eigenvalue weighted by molar-refractivity contribution is 0.409. The smallest absolute Gasteiger partial charge is 0.191 e. The third-order valence-electron chi connectivity index (χ3n) is 5.05. The number of nitrogens with zero attached hydrogens (tertiary/aromatic N) is 1. The molecule has 3 nitrogen and oxygen atoms in total. The molecule has 0 aliphatic heterocycles. The van der Waals surface area contributed by atoms with E-state index >= 15 is 0 Å². The molecule has 22 heavy (non-hydrogen) atoms. The van der Waals surface area contributed by atoms with Gasteiger partial charge in [0.15, 0.2) is 5.96 Å². The van der Waals surface area contributed by atoms with Crippen LogP contribution in [-0.4, -0.2) is 25.6 Å². The summed E-state index contributed by atoms with van der Waals surface area (Å²) in [5.74, 6) is 0.739. The number of guanidine groups is 1. The van der Waals surface area contributed by atoms with Crippen LogP contribution in [-0.2, 0) is 5.41 Å². The van der Waals surface area contributed by atoms with Gasteiger partial charge in [-0.15, -0.1) is 0 Å². The summed E-state index contributed by atoms with van der Waals surface area (Å²) in [4.78, 5) is 4.34. The molecule has 0 radical (unpaired) electrons. The summed E-state index contributed by atoms with van der Waals surface area (Å²) in [6, 6.07) is 7.57. The summed E-state index contributed by atoms with van der Waals surface area (Å²) < 4.78 is 13.4. The zero-order chi connectivity index (χ0) is 15.4. The second-order valence-corrected chi connectivity index (χ2v) is 6.70. The van der Waals surface area contributed by atoms with Gasteiger partial charge in [-0.25, -0.2) is 4.39 Å². The minimum absolute atomic E-state index is 0.0896. The fraction of sp³-hybridized carbons (Fsp3) is 0.611. The summed E-state index contributed by atoms with van der Waals surface area (Å²) in [6.07, 6.45) is 8.66. The number of nitrogens with one attached hydrogen (secondary N) is 2. The van der Waals surface area contributed by atoms with Crippen molar-refractivity contribution in [1.82, 2.24) is 10.6 Å². The number of rotatable bonds is 4. The van der Waals surface area contributed by atoms with Gasteiger partial charge in [-0.3, -0.25) is 4.99 Å². The van der Waals surface area contributed by atoms with E-state index in [4.69, 9.17) is 0 Å². The monoisotopic (exact) mass is 303 g/mol. The van der Waals surface area contributed by atoms with Crippen molar-refractivity contribution < 1.29 is 4.39 Å². The van der Waals surface area contributed by atoms with E-state index in [9.17, 15) is 4.39 Å². The van der Waals surface area contributed by atoms with Crippen molar-refractivity contribution in [1.29, 1.82) is 0 Å². The number of halogens is 1. The maximum Gasteiger partial charge on any atom is 0.191 e. The van der Waals surface area contributed by atoms with Gasteiger partial charge in [0.2, 0.25) is 0 Å². The van der Waals surface area contributed by atoms with Crippen molar-refractivity contribution in [3.8, 4) is 0 Å². The topological polar surface area (TPSA) is 36.4 Å². The molecule has 2 fully saturated rings. The van der Waals surface area contributed by atoms with Crippen LogP contribution >= 0.6 is 0 Å². The molecule has 1 aromatic rings. The number of hydrogen-bond acceptors (Lipinski definition) is 1. The van der Waals surface area contributed by atoms with Crippen LogP contribution in [0.5, 0.6) is 0 Å². The van der Waals surface area contributed by atoms with Gasteiger partial charge in [0, 0.05) is 25.0 Å². The van der Waals surface area contributed by atoms with Crippen LogP contribution in [0.3, 0.4) is 0 Å². The Hall–Kier alpha value is -1.58. The third kappa shape index (κ3) is 3.60. The summed E-state index contributed by atoms with van der Waals surface area (Å²) in [7, 11) is 1.82. The lowest BCUT2D eigenvalue weighted by atomic mass is 9.95. The Balaban J connectivity index is 1.56. The molecular formula is C18H26FN3. The van der Waals surface area contributed by atoms with Gasteiger partial charge in [0.25, 0.3) is 0 Å². The Kier molecular flexibility index (Phi) is 4.65. The maximum absolute atomic E-state index is 13.4. The van der Waals surface area contributed by atoms with Crippen molar-refractivity contribution in [3.05, 3.63) is 35.6 Å². The molecule has 0 spiro atoms. The molecule has 2 N–H and O–H groups in total. The average molecular weight is 303 g/mol. The van der Waals surface area contributed by atoms with Crippen LogP contribution in [0.2, 0.25) is 0 Å². The van der Waals surface area contributed by atoms with E-state index in [1.165, 1.54) is 38.2 Å². The molecule has 0 heterocycles.